The standard InChI is InChI=1S/C15H16INO3/c1-9-4-5-11(6-14(9)16)17-8-12-7-13(10(2)20-12)15(18)19-3/h4-7,17H,8H2,1-3H3. The Labute approximate surface area is 131 Å². The van der Waals surface area contributed by atoms with Gasteiger partial charge in [-0.15, -0.1) is 0 Å². The van der Waals surface area contributed by atoms with Crippen LogP contribution in [0.25, 0.3) is 0 Å². The number of esters is 1. The first-order valence-electron chi connectivity index (χ1n) is 6.19. The highest BCUT2D eigenvalue weighted by Gasteiger charge is 2.15. The minimum atomic E-state index is -0.373. The number of carbonyl (C=O) groups is 1. The maximum atomic E-state index is 11.5. The van der Waals surface area contributed by atoms with Crippen LogP contribution in [0.3, 0.4) is 0 Å². The molecule has 1 aromatic carbocycles. The zero-order valence-electron chi connectivity index (χ0n) is 11.6. The summed E-state index contributed by atoms with van der Waals surface area (Å²) < 4.78 is 11.5. The number of ether oxygens (including phenoxy) is 1. The van der Waals surface area contributed by atoms with E-state index in [9.17, 15) is 4.79 Å². The molecule has 0 aliphatic heterocycles. The van der Waals surface area contributed by atoms with Gasteiger partial charge in [-0.25, -0.2) is 4.79 Å². The quantitative estimate of drug-likeness (QED) is 0.641. The second-order valence-electron chi connectivity index (χ2n) is 4.49. The van der Waals surface area contributed by atoms with Crippen molar-refractivity contribution in [1.82, 2.24) is 0 Å². The Balaban J connectivity index is 2.07. The molecule has 0 spiro atoms. The second-order valence-corrected chi connectivity index (χ2v) is 5.65. The first-order chi connectivity index (χ1) is 9.51. The zero-order valence-corrected chi connectivity index (χ0v) is 13.8. The second kappa shape index (κ2) is 6.30. The summed E-state index contributed by atoms with van der Waals surface area (Å²) in [5, 5.41) is 3.28. The molecule has 0 fully saturated rings. The lowest BCUT2D eigenvalue weighted by atomic mass is 10.2. The van der Waals surface area contributed by atoms with E-state index in [0.29, 0.717) is 23.6 Å². The molecule has 106 valence electrons. The van der Waals surface area contributed by atoms with Gasteiger partial charge in [-0.1, -0.05) is 6.07 Å². The lowest BCUT2D eigenvalue weighted by molar-refractivity contribution is 0.0599. The van der Waals surface area contributed by atoms with Crippen molar-refractivity contribution in [3.8, 4) is 0 Å². The van der Waals surface area contributed by atoms with E-state index < -0.39 is 0 Å². The summed E-state index contributed by atoms with van der Waals surface area (Å²) in [5.74, 6) is 0.910. The number of hydrogen-bond acceptors (Lipinski definition) is 4. The third-order valence-electron chi connectivity index (χ3n) is 3.01. The highest BCUT2D eigenvalue weighted by Crippen LogP contribution is 2.20. The maximum absolute atomic E-state index is 11.5. The van der Waals surface area contributed by atoms with Gasteiger partial charge in [0, 0.05) is 9.26 Å². The SMILES string of the molecule is COC(=O)c1cc(CNc2ccc(C)c(I)c2)oc1C. The number of aryl methyl sites for hydroxylation is 2. The van der Waals surface area contributed by atoms with Crippen molar-refractivity contribution in [1.29, 1.82) is 0 Å². The van der Waals surface area contributed by atoms with Gasteiger partial charge in [0.1, 0.15) is 17.1 Å². The van der Waals surface area contributed by atoms with Crippen molar-refractivity contribution in [2.24, 2.45) is 0 Å². The molecule has 20 heavy (non-hydrogen) atoms. The Kier molecular flexibility index (Phi) is 4.69. The van der Waals surface area contributed by atoms with Crippen LogP contribution in [0, 0.1) is 17.4 Å². The van der Waals surface area contributed by atoms with Gasteiger partial charge in [-0.2, -0.15) is 0 Å². The number of carbonyl (C=O) groups excluding carboxylic acids is 1. The smallest absolute Gasteiger partial charge is 0.341 e. The van der Waals surface area contributed by atoms with Crippen molar-refractivity contribution in [2.75, 3.05) is 12.4 Å². The van der Waals surface area contributed by atoms with Gasteiger partial charge in [0.05, 0.1) is 13.7 Å². The summed E-state index contributed by atoms with van der Waals surface area (Å²) >= 11 is 2.30. The van der Waals surface area contributed by atoms with Crippen molar-refractivity contribution in [3.63, 3.8) is 0 Å². The summed E-state index contributed by atoms with van der Waals surface area (Å²) in [4.78, 5) is 11.5. The van der Waals surface area contributed by atoms with Gasteiger partial charge in [0.2, 0.25) is 0 Å². The molecule has 1 heterocycles. The average Bonchev–Trinajstić information content (AvgIpc) is 2.80. The van der Waals surface area contributed by atoms with Crippen LogP contribution in [0.15, 0.2) is 28.7 Å². The third kappa shape index (κ3) is 3.33. The summed E-state index contributed by atoms with van der Waals surface area (Å²) in [6.45, 7) is 4.35. The molecule has 0 amide bonds. The van der Waals surface area contributed by atoms with E-state index in [2.05, 4.69) is 47.0 Å². The molecule has 0 atom stereocenters. The summed E-state index contributed by atoms with van der Waals surface area (Å²) in [7, 11) is 1.36. The largest absolute Gasteiger partial charge is 0.465 e. The summed E-state index contributed by atoms with van der Waals surface area (Å²) in [6.07, 6.45) is 0. The van der Waals surface area contributed by atoms with Gasteiger partial charge in [-0.05, 0) is 60.2 Å². The van der Waals surface area contributed by atoms with E-state index in [-0.39, 0.29) is 5.97 Å². The van der Waals surface area contributed by atoms with Gasteiger partial charge in [-0.3, -0.25) is 0 Å². The van der Waals surface area contributed by atoms with Gasteiger partial charge in [0.25, 0.3) is 0 Å². The molecule has 2 rings (SSSR count). The van der Waals surface area contributed by atoms with E-state index in [4.69, 9.17) is 9.15 Å². The van der Waals surface area contributed by atoms with Crippen LogP contribution in [0.4, 0.5) is 5.69 Å². The Morgan fingerprint density at radius 3 is 2.75 bits per heavy atom. The van der Waals surface area contributed by atoms with Crippen molar-refractivity contribution >= 4 is 34.2 Å². The van der Waals surface area contributed by atoms with Gasteiger partial charge in [0.15, 0.2) is 0 Å². The van der Waals surface area contributed by atoms with Crippen molar-refractivity contribution < 1.29 is 13.9 Å². The number of halogens is 1. The minimum absolute atomic E-state index is 0.373. The number of hydrogen-bond donors (Lipinski definition) is 1. The molecule has 0 unspecified atom stereocenters. The molecule has 0 aliphatic rings. The molecule has 0 radical (unpaired) electrons. The molecule has 0 aliphatic carbocycles. The molecule has 0 bridgehead atoms. The average molecular weight is 385 g/mol. The predicted octanol–water partition coefficient (Wildman–Crippen LogP) is 3.90. The number of rotatable bonds is 4. The fourth-order valence-electron chi connectivity index (χ4n) is 1.84. The molecule has 5 heteroatoms. The van der Waals surface area contributed by atoms with E-state index in [1.807, 2.05) is 6.07 Å². The molecule has 0 saturated heterocycles. The number of nitrogens with one attached hydrogen (secondary N) is 1. The predicted molar refractivity (Wildman–Crippen MR) is 86.0 cm³/mol. The van der Waals surface area contributed by atoms with Crippen molar-refractivity contribution in [3.05, 3.63) is 50.5 Å². The molecule has 0 saturated carbocycles. The van der Waals surface area contributed by atoms with Crippen LogP contribution >= 0.6 is 22.6 Å². The minimum Gasteiger partial charge on any atom is -0.465 e. The topological polar surface area (TPSA) is 51.5 Å². The van der Waals surface area contributed by atoms with Crippen LogP contribution in [0.2, 0.25) is 0 Å². The highest BCUT2D eigenvalue weighted by atomic mass is 127. The lowest BCUT2D eigenvalue weighted by Gasteiger charge is -2.06. The van der Waals surface area contributed by atoms with Crippen LogP contribution in [-0.4, -0.2) is 13.1 Å². The van der Waals surface area contributed by atoms with E-state index in [0.717, 1.165) is 5.69 Å². The summed E-state index contributed by atoms with van der Waals surface area (Å²) in [6, 6.07) is 7.88. The van der Waals surface area contributed by atoms with E-state index in [1.165, 1.54) is 16.2 Å². The van der Waals surface area contributed by atoms with E-state index in [1.54, 1.807) is 13.0 Å². The first kappa shape index (κ1) is 14.9. The molecule has 1 N–H and O–H groups in total. The molecule has 2 aromatic rings. The lowest BCUT2D eigenvalue weighted by Crippen LogP contribution is -2.01. The highest BCUT2D eigenvalue weighted by molar-refractivity contribution is 14.1. The maximum Gasteiger partial charge on any atom is 0.341 e. The number of methoxy groups -OCH3 is 1. The first-order valence-corrected chi connectivity index (χ1v) is 7.26. The Morgan fingerprint density at radius 2 is 2.10 bits per heavy atom. The van der Waals surface area contributed by atoms with Crippen molar-refractivity contribution in [2.45, 2.75) is 20.4 Å². The molecular formula is C15H16INO3. The zero-order chi connectivity index (χ0) is 14.7. The number of anilines is 1. The van der Waals surface area contributed by atoms with Crippen LogP contribution in [0.1, 0.15) is 27.4 Å². The Hall–Kier alpha value is -1.50. The normalized spacial score (nSPS) is 10.4. The Bertz CT molecular complexity index is 634. The Morgan fingerprint density at radius 1 is 1.35 bits per heavy atom. The number of benzene rings is 1. The molecular weight excluding hydrogens is 369 g/mol. The van der Waals surface area contributed by atoms with Gasteiger partial charge >= 0.3 is 5.97 Å². The monoisotopic (exact) mass is 385 g/mol. The van der Waals surface area contributed by atoms with E-state index >= 15 is 0 Å². The third-order valence-corrected chi connectivity index (χ3v) is 4.17. The molecule has 4 nitrogen and oxygen atoms in total. The van der Waals surface area contributed by atoms with Gasteiger partial charge < -0.3 is 14.5 Å². The number of furan rings is 1. The molecule has 1 aromatic heterocycles. The van der Waals surface area contributed by atoms with Crippen LogP contribution < -0.4 is 5.32 Å². The summed E-state index contributed by atoms with van der Waals surface area (Å²) in [5.41, 5.74) is 2.74. The fraction of sp³-hybridized carbons (Fsp3) is 0.267. The van der Waals surface area contributed by atoms with Crippen LogP contribution in [0.5, 0.6) is 0 Å². The van der Waals surface area contributed by atoms with Crippen LogP contribution in [-0.2, 0) is 11.3 Å². The fourth-order valence-corrected chi connectivity index (χ4v) is 2.35.